The summed E-state index contributed by atoms with van der Waals surface area (Å²) in [6.45, 7) is 0. The zero-order valence-corrected chi connectivity index (χ0v) is 16.2. The third-order valence-corrected chi connectivity index (χ3v) is 4.99. The van der Waals surface area contributed by atoms with E-state index < -0.39 is 63.0 Å². The van der Waals surface area contributed by atoms with E-state index in [0.717, 1.165) is 19.2 Å². The summed E-state index contributed by atoms with van der Waals surface area (Å²) in [6.07, 6.45) is -6.00. The van der Waals surface area contributed by atoms with Crippen molar-refractivity contribution in [3.05, 3.63) is 33.4 Å². The second-order valence-corrected chi connectivity index (χ2v) is 7.01. The van der Waals surface area contributed by atoms with Gasteiger partial charge in [-0.15, -0.1) is 13.2 Å². The smallest absolute Gasteiger partial charge is 0.468 e. The third-order valence-electron chi connectivity index (χ3n) is 4.41. The first kappa shape index (κ1) is 21.9. The van der Waals surface area contributed by atoms with Crippen LogP contribution in [0.3, 0.4) is 0 Å². The summed E-state index contributed by atoms with van der Waals surface area (Å²) in [7, 11) is 0.887. The Bertz CT molecular complexity index is 1070. The molecular weight excluding hydrogens is 462 g/mol. The molecule has 0 amide bonds. The molecule has 1 aliphatic rings. The molecule has 1 atom stereocenters. The van der Waals surface area contributed by atoms with Gasteiger partial charge in [-0.1, -0.05) is 23.2 Å². The SMILES string of the molecule is COC(=O)C1(c2c(C#N)nn(-c3c(Cl)cc(OC(F)(F)F)cc3Cl)c2N)CC1(F)F. The Hall–Kier alpha value is -2.78. The maximum absolute atomic E-state index is 14.2. The first-order valence-corrected chi connectivity index (χ1v) is 8.55. The largest absolute Gasteiger partial charge is 0.573 e. The summed E-state index contributed by atoms with van der Waals surface area (Å²) >= 11 is 12.0. The number of hydrogen-bond donors (Lipinski definition) is 1. The van der Waals surface area contributed by atoms with E-state index in [9.17, 15) is 32.0 Å². The quantitative estimate of drug-likeness (QED) is 0.535. The summed E-state index contributed by atoms with van der Waals surface area (Å²) < 4.78 is 74.5. The summed E-state index contributed by atoms with van der Waals surface area (Å²) in [4.78, 5) is 12.1. The van der Waals surface area contributed by atoms with Crippen LogP contribution < -0.4 is 10.5 Å². The van der Waals surface area contributed by atoms with Crippen molar-refractivity contribution in [3.63, 3.8) is 0 Å². The minimum absolute atomic E-state index is 0.308. The highest BCUT2D eigenvalue weighted by Gasteiger charge is 2.79. The van der Waals surface area contributed by atoms with Crippen molar-refractivity contribution in [3.8, 4) is 17.5 Å². The molecule has 1 aromatic heterocycles. The van der Waals surface area contributed by atoms with Crippen molar-refractivity contribution in [1.82, 2.24) is 9.78 Å². The van der Waals surface area contributed by atoms with Crippen LogP contribution in [-0.4, -0.2) is 35.1 Å². The molecule has 1 aliphatic carbocycles. The van der Waals surface area contributed by atoms with Crippen LogP contribution >= 0.6 is 23.2 Å². The van der Waals surface area contributed by atoms with Crippen LogP contribution in [-0.2, 0) is 14.9 Å². The number of rotatable bonds is 4. The number of methoxy groups -OCH3 is 1. The molecule has 0 saturated heterocycles. The van der Waals surface area contributed by atoms with Crippen molar-refractivity contribution in [1.29, 1.82) is 5.26 Å². The lowest BCUT2D eigenvalue weighted by molar-refractivity contribution is -0.274. The molecule has 1 heterocycles. The highest BCUT2D eigenvalue weighted by atomic mass is 35.5. The Balaban J connectivity index is 2.20. The number of halogens is 7. The standard InChI is InChI=1S/C16H9Cl2F5N4O3/c1-29-13(28)14(5-15(14,19)20)10-9(4-24)26-27(12(10)25)11-7(17)2-6(3-8(11)18)30-16(21,22)23/h2-3H,5,25H2,1H3. The Labute approximate surface area is 174 Å². The van der Waals surface area contributed by atoms with Crippen LogP contribution in [0.1, 0.15) is 17.7 Å². The number of anilines is 1. The molecule has 1 saturated carbocycles. The molecular formula is C16H9Cl2F5N4O3. The number of aromatic nitrogens is 2. The second-order valence-electron chi connectivity index (χ2n) is 6.19. The van der Waals surface area contributed by atoms with Crippen molar-refractivity contribution in [2.75, 3.05) is 12.8 Å². The number of nitriles is 1. The van der Waals surface area contributed by atoms with Gasteiger partial charge in [0.15, 0.2) is 11.1 Å². The molecule has 0 radical (unpaired) electrons. The zero-order chi connectivity index (χ0) is 22.6. The molecule has 1 fully saturated rings. The van der Waals surface area contributed by atoms with Crippen molar-refractivity contribution < 1.29 is 36.2 Å². The summed E-state index contributed by atoms with van der Waals surface area (Å²) in [5.41, 5.74) is 1.85. The second kappa shape index (κ2) is 6.88. The molecule has 14 heteroatoms. The third kappa shape index (κ3) is 3.27. The number of ether oxygens (including phenoxy) is 2. The lowest BCUT2D eigenvalue weighted by Gasteiger charge is -2.15. The molecule has 2 aromatic rings. The molecule has 7 nitrogen and oxygen atoms in total. The van der Waals surface area contributed by atoms with Gasteiger partial charge in [0.2, 0.25) is 0 Å². The van der Waals surface area contributed by atoms with E-state index >= 15 is 0 Å². The summed E-state index contributed by atoms with van der Waals surface area (Å²) in [6, 6.07) is 3.04. The van der Waals surface area contributed by atoms with E-state index in [2.05, 4.69) is 14.6 Å². The number of hydrogen-bond acceptors (Lipinski definition) is 6. The van der Waals surface area contributed by atoms with Gasteiger partial charge in [0.25, 0.3) is 5.92 Å². The average molecular weight is 471 g/mol. The Kier molecular flexibility index (Phi) is 5.03. The van der Waals surface area contributed by atoms with Gasteiger partial charge in [-0.05, 0) is 0 Å². The van der Waals surface area contributed by atoms with Gasteiger partial charge >= 0.3 is 12.3 Å². The first-order chi connectivity index (χ1) is 13.8. The van der Waals surface area contributed by atoms with Crippen LogP contribution in [0.5, 0.6) is 5.75 Å². The average Bonchev–Trinajstić information content (AvgIpc) is 3.03. The number of carbonyl (C=O) groups excluding carboxylic acids is 1. The van der Waals surface area contributed by atoms with Crippen LogP contribution in [0.15, 0.2) is 12.1 Å². The molecule has 0 aliphatic heterocycles. The Morgan fingerprint density at radius 2 is 1.87 bits per heavy atom. The number of nitrogens with two attached hydrogens (primary N) is 1. The first-order valence-electron chi connectivity index (χ1n) is 7.79. The maximum atomic E-state index is 14.2. The summed E-state index contributed by atoms with van der Waals surface area (Å²) in [5.74, 6) is -6.23. The molecule has 1 aromatic carbocycles. The summed E-state index contributed by atoms with van der Waals surface area (Å²) in [5, 5.41) is 12.2. The van der Waals surface area contributed by atoms with Crippen LogP contribution in [0.4, 0.5) is 27.8 Å². The number of nitrogen functional groups attached to an aromatic ring is 1. The highest BCUT2D eigenvalue weighted by molar-refractivity contribution is 6.38. The molecule has 160 valence electrons. The molecule has 30 heavy (non-hydrogen) atoms. The van der Waals surface area contributed by atoms with Crippen molar-refractivity contribution in [2.24, 2.45) is 0 Å². The van der Waals surface area contributed by atoms with E-state index in [0.29, 0.717) is 4.68 Å². The van der Waals surface area contributed by atoms with Gasteiger partial charge < -0.3 is 15.2 Å². The number of alkyl halides is 5. The van der Waals surface area contributed by atoms with E-state index in [1.54, 1.807) is 6.07 Å². The molecule has 2 N–H and O–H groups in total. The minimum Gasteiger partial charge on any atom is -0.468 e. The topological polar surface area (TPSA) is 103 Å². The molecule has 0 spiro atoms. The van der Waals surface area contributed by atoms with E-state index in [-0.39, 0.29) is 5.69 Å². The number of esters is 1. The van der Waals surface area contributed by atoms with Gasteiger partial charge in [0.05, 0.1) is 22.7 Å². The molecule has 3 rings (SSSR count). The van der Waals surface area contributed by atoms with Crippen molar-refractivity contribution in [2.45, 2.75) is 24.1 Å². The lowest BCUT2D eigenvalue weighted by atomic mass is 9.94. The normalized spacial score (nSPS) is 19.8. The van der Waals surface area contributed by atoms with E-state index in [1.165, 1.54) is 0 Å². The van der Waals surface area contributed by atoms with Gasteiger partial charge in [-0.25, -0.2) is 13.5 Å². The number of benzene rings is 1. The van der Waals surface area contributed by atoms with Crippen LogP contribution in [0, 0.1) is 11.3 Å². The highest BCUT2D eigenvalue weighted by Crippen LogP contribution is 2.64. The molecule has 0 bridgehead atoms. The van der Waals surface area contributed by atoms with Gasteiger partial charge in [-0.2, -0.15) is 10.4 Å². The fourth-order valence-corrected chi connectivity index (χ4v) is 3.72. The van der Waals surface area contributed by atoms with Gasteiger partial charge in [0.1, 0.15) is 23.3 Å². The Morgan fingerprint density at radius 1 is 1.33 bits per heavy atom. The van der Waals surface area contributed by atoms with Crippen LogP contribution in [0.2, 0.25) is 10.0 Å². The van der Waals surface area contributed by atoms with Crippen molar-refractivity contribution >= 4 is 35.0 Å². The minimum atomic E-state index is -5.02. The van der Waals surface area contributed by atoms with Gasteiger partial charge in [-0.3, -0.25) is 4.79 Å². The fourth-order valence-electron chi connectivity index (χ4n) is 3.10. The predicted octanol–water partition coefficient (Wildman–Crippen LogP) is 3.98. The lowest BCUT2D eigenvalue weighted by Crippen LogP contribution is -2.30. The monoisotopic (exact) mass is 470 g/mol. The van der Waals surface area contributed by atoms with Crippen LogP contribution in [0.25, 0.3) is 5.69 Å². The zero-order valence-electron chi connectivity index (χ0n) is 14.7. The van der Waals surface area contributed by atoms with Gasteiger partial charge in [0, 0.05) is 18.6 Å². The maximum Gasteiger partial charge on any atom is 0.573 e. The van der Waals surface area contributed by atoms with E-state index in [4.69, 9.17) is 28.9 Å². The Morgan fingerprint density at radius 3 is 2.27 bits per heavy atom. The number of carbonyl (C=O) groups is 1. The predicted molar refractivity (Wildman–Crippen MR) is 92.7 cm³/mol. The number of nitrogens with zero attached hydrogens (tertiary/aromatic N) is 3. The fraction of sp³-hybridized carbons (Fsp3) is 0.312. The van der Waals surface area contributed by atoms with E-state index in [1.807, 2.05) is 0 Å². The molecule has 1 unspecified atom stereocenters.